The summed E-state index contributed by atoms with van der Waals surface area (Å²) >= 11 is 0. The average Bonchev–Trinajstić information content (AvgIpc) is 3.10. The highest BCUT2D eigenvalue weighted by Crippen LogP contribution is 2.19. The van der Waals surface area contributed by atoms with Crippen molar-refractivity contribution in [3.8, 4) is 5.75 Å². The molecule has 1 atom stereocenters. The molecular formula is C20H17N3O4. The third-order valence-electron chi connectivity index (χ3n) is 4.16. The van der Waals surface area contributed by atoms with Crippen LogP contribution in [0.2, 0.25) is 0 Å². The van der Waals surface area contributed by atoms with Crippen LogP contribution in [0.25, 0.3) is 22.0 Å². The van der Waals surface area contributed by atoms with Crippen molar-refractivity contribution in [3.63, 3.8) is 0 Å². The lowest BCUT2D eigenvalue weighted by Gasteiger charge is -2.12. The molecule has 1 amide bonds. The monoisotopic (exact) mass is 363 g/mol. The molecule has 7 nitrogen and oxygen atoms in total. The molecule has 0 radical (unpaired) electrons. The SMILES string of the molecule is CC(NC(=O)COc1ccc2ccc(=O)oc2c1)c1nc2ccccc2[nH]1. The lowest BCUT2D eigenvalue weighted by molar-refractivity contribution is -0.123. The first-order valence-electron chi connectivity index (χ1n) is 8.49. The number of hydrogen-bond donors (Lipinski definition) is 2. The van der Waals surface area contributed by atoms with Gasteiger partial charge in [0.25, 0.3) is 5.91 Å². The largest absolute Gasteiger partial charge is 0.484 e. The first kappa shape index (κ1) is 16.8. The zero-order chi connectivity index (χ0) is 18.8. The second-order valence-corrected chi connectivity index (χ2v) is 6.17. The van der Waals surface area contributed by atoms with Crippen LogP contribution in [0.1, 0.15) is 18.8 Å². The minimum Gasteiger partial charge on any atom is -0.484 e. The van der Waals surface area contributed by atoms with Crippen molar-refractivity contribution in [3.05, 3.63) is 70.8 Å². The van der Waals surface area contributed by atoms with Gasteiger partial charge in [-0.15, -0.1) is 0 Å². The van der Waals surface area contributed by atoms with E-state index in [1.54, 1.807) is 24.3 Å². The van der Waals surface area contributed by atoms with Gasteiger partial charge < -0.3 is 19.5 Å². The van der Waals surface area contributed by atoms with Crippen molar-refractivity contribution in [2.24, 2.45) is 0 Å². The molecule has 0 saturated heterocycles. The zero-order valence-electron chi connectivity index (χ0n) is 14.6. The lowest BCUT2D eigenvalue weighted by atomic mass is 10.2. The molecule has 4 rings (SSSR count). The summed E-state index contributed by atoms with van der Waals surface area (Å²) in [5.41, 5.74) is 1.75. The van der Waals surface area contributed by atoms with Crippen molar-refractivity contribution < 1.29 is 13.9 Å². The summed E-state index contributed by atoms with van der Waals surface area (Å²) in [6.07, 6.45) is 0. The molecule has 0 aliphatic rings. The number of carbonyl (C=O) groups is 1. The number of para-hydroxylation sites is 2. The number of amides is 1. The summed E-state index contributed by atoms with van der Waals surface area (Å²) in [5, 5.41) is 3.62. The normalized spacial score (nSPS) is 12.2. The van der Waals surface area contributed by atoms with E-state index in [0.717, 1.165) is 16.4 Å². The van der Waals surface area contributed by atoms with Gasteiger partial charge in [0.1, 0.15) is 17.2 Å². The minimum atomic E-state index is -0.433. The lowest BCUT2D eigenvalue weighted by Crippen LogP contribution is -2.31. The van der Waals surface area contributed by atoms with Crippen LogP contribution in [0.3, 0.4) is 0 Å². The van der Waals surface area contributed by atoms with Crippen molar-refractivity contribution in [1.82, 2.24) is 15.3 Å². The molecule has 0 fully saturated rings. The number of H-pyrrole nitrogens is 1. The summed E-state index contributed by atoms with van der Waals surface area (Å²) < 4.78 is 10.6. The number of nitrogens with zero attached hydrogens (tertiary/aromatic N) is 1. The molecule has 2 N–H and O–H groups in total. The van der Waals surface area contributed by atoms with E-state index in [1.807, 2.05) is 31.2 Å². The van der Waals surface area contributed by atoms with Gasteiger partial charge in [-0.25, -0.2) is 9.78 Å². The third-order valence-corrected chi connectivity index (χ3v) is 4.16. The van der Waals surface area contributed by atoms with Crippen molar-refractivity contribution in [1.29, 1.82) is 0 Å². The van der Waals surface area contributed by atoms with Crippen LogP contribution in [0.4, 0.5) is 0 Å². The molecule has 0 spiro atoms. The van der Waals surface area contributed by atoms with Gasteiger partial charge in [-0.3, -0.25) is 4.79 Å². The fraction of sp³-hybridized carbons (Fsp3) is 0.150. The van der Waals surface area contributed by atoms with Crippen LogP contribution in [-0.4, -0.2) is 22.5 Å². The standard InChI is InChI=1S/C20H17N3O4/c1-12(20-22-15-4-2-3-5-16(15)23-20)21-18(24)11-26-14-8-6-13-7-9-19(25)27-17(13)10-14/h2-10,12H,11H2,1H3,(H,21,24)(H,22,23). The minimum absolute atomic E-state index is 0.160. The maximum Gasteiger partial charge on any atom is 0.336 e. The Morgan fingerprint density at radius 3 is 2.89 bits per heavy atom. The Morgan fingerprint density at radius 2 is 2.04 bits per heavy atom. The van der Waals surface area contributed by atoms with Gasteiger partial charge in [0.15, 0.2) is 6.61 Å². The summed E-state index contributed by atoms with van der Waals surface area (Å²) in [6.45, 7) is 1.69. The van der Waals surface area contributed by atoms with Crippen LogP contribution in [0.15, 0.2) is 63.8 Å². The van der Waals surface area contributed by atoms with E-state index >= 15 is 0 Å². The smallest absolute Gasteiger partial charge is 0.336 e. The third kappa shape index (κ3) is 3.67. The Labute approximate surface area is 154 Å². The number of imidazole rings is 1. The fourth-order valence-corrected chi connectivity index (χ4v) is 2.81. The highest BCUT2D eigenvalue weighted by molar-refractivity contribution is 5.80. The van der Waals surface area contributed by atoms with Crippen LogP contribution in [0, 0.1) is 0 Å². The number of ether oxygens (including phenoxy) is 1. The summed E-state index contributed by atoms with van der Waals surface area (Å²) in [7, 11) is 0. The number of aromatic amines is 1. The van der Waals surface area contributed by atoms with Gasteiger partial charge in [-0.2, -0.15) is 0 Å². The summed E-state index contributed by atoms with van der Waals surface area (Å²) in [4.78, 5) is 31.1. The Hall–Kier alpha value is -3.61. The number of carbonyl (C=O) groups excluding carboxylic acids is 1. The van der Waals surface area contributed by atoms with Gasteiger partial charge in [0.05, 0.1) is 17.1 Å². The van der Waals surface area contributed by atoms with Gasteiger partial charge >= 0.3 is 5.63 Å². The zero-order valence-corrected chi connectivity index (χ0v) is 14.6. The maximum absolute atomic E-state index is 12.2. The highest BCUT2D eigenvalue weighted by atomic mass is 16.5. The first-order chi connectivity index (χ1) is 13.1. The maximum atomic E-state index is 12.2. The number of nitrogens with one attached hydrogen (secondary N) is 2. The molecule has 0 saturated carbocycles. The fourth-order valence-electron chi connectivity index (χ4n) is 2.81. The van der Waals surface area contributed by atoms with E-state index in [0.29, 0.717) is 17.2 Å². The predicted molar refractivity (Wildman–Crippen MR) is 101 cm³/mol. The number of benzene rings is 2. The molecule has 0 aliphatic heterocycles. The van der Waals surface area contributed by atoms with E-state index in [2.05, 4.69) is 15.3 Å². The van der Waals surface area contributed by atoms with Gasteiger partial charge in [0, 0.05) is 17.5 Å². The van der Waals surface area contributed by atoms with Crippen LogP contribution in [-0.2, 0) is 4.79 Å². The molecule has 27 heavy (non-hydrogen) atoms. The Balaban J connectivity index is 1.39. The molecule has 1 unspecified atom stereocenters. The van der Waals surface area contributed by atoms with Crippen LogP contribution >= 0.6 is 0 Å². The molecule has 0 bridgehead atoms. The van der Waals surface area contributed by atoms with E-state index < -0.39 is 5.63 Å². The molecular weight excluding hydrogens is 346 g/mol. The van der Waals surface area contributed by atoms with Crippen molar-refractivity contribution >= 4 is 27.9 Å². The molecule has 2 aromatic carbocycles. The molecule has 0 aliphatic carbocycles. The Kier molecular flexibility index (Phi) is 4.33. The van der Waals surface area contributed by atoms with Gasteiger partial charge in [-0.05, 0) is 37.3 Å². The van der Waals surface area contributed by atoms with Gasteiger partial charge in [-0.1, -0.05) is 12.1 Å². The molecule has 2 heterocycles. The van der Waals surface area contributed by atoms with Crippen LogP contribution in [0.5, 0.6) is 5.75 Å². The van der Waals surface area contributed by atoms with E-state index in [1.165, 1.54) is 6.07 Å². The summed E-state index contributed by atoms with van der Waals surface area (Å²) in [5.74, 6) is 0.845. The first-order valence-corrected chi connectivity index (χ1v) is 8.49. The van der Waals surface area contributed by atoms with E-state index in [-0.39, 0.29) is 18.6 Å². The van der Waals surface area contributed by atoms with E-state index in [4.69, 9.17) is 9.15 Å². The Morgan fingerprint density at radius 1 is 1.22 bits per heavy atom. The number of rotatable bonds is 5. The van der Waals surface area contributed by atoms with Gasteiger partial charge in [0.2, 0.25) is 0 Å². The second-order valence-electron chi connectivity index (χ2n) is 6.17. The molecule has 136 valence electrons. The topological polar surface area (TPSA) is 97.2 Å². The molecule has 7 heteroatoms. The average molecular weight is 363 g/mol. The second kappa shape index (κ2) is 6.95. The number of aromatic nitrogens is 2. The number of fused-ring (bicyclic) bond motifs is 2. The Bertz CT molecular complexity index is 1150. The predicted octanol–water partition coefficient (Wildman–Crippen LogP) is 2.93. The van der Waals surface area contributed by atoms with Crippen molar-refractivity contribution in [2.75, 3.05) is 6.61 Å². The van der Waals surface area contributed by atoms with Crippen LogP contribution < -0.4 is 15.7 Å². The quantitative estimate of drug-likeness (QED) is 0.531. The molecule has 2 aromatic heterocycles. The number of hydrogen-bond acceptors (Lipinski definition) is 5. The highest BCUT2D eigenvalue weighted by Gasteiger charge is 2.14. The summed E-state index contributed by atoms with van der Waals surface area (Å²) in [6, 6.07) is 15.5. The van der Waals surface area contributed by atoms with E-state index in [9.17, 15) is 9.59 Å². The molecule has 4 aromatic rings. The van der Waals surface area contributed by atoms with Crippen molar-refractivity contribution in [2.45, 2.75) is 13.0 Å².